The third-order valence-electron chi connectivity index (χ3n) is 2.57. The van der Waals surface area contributed by atoms with E-state index in [1.54, 1.807) is 24.3 Å². The van der Waals surface area contributed by atoms with Gasteiger partial charge in [0.2, 0.25) is 10.0 Å². The molecule has 0 unspecified atom stereocenters. The highest BCUT2D eigenvalue weighted by atomic mass is 35.5. The van der Waals surface area contributed by atoms with Crippen molar-refractivity contribution in [3.63, 3.8) is 0 Å². The fourth-order valence-corrected chi connectivity index (χ4v) is 2.76. The highest BCUT2D eigenvalue weighted by Crippen LogP contribution is 2.13. The number of hydrogen-bond acceptors (Lipinski definition) is 2. The summed E-state index contributed by atoms with van der Waals surface area (Å²) in [6.07, 6.45) is 0. The lowest BCUT2D eigenvalue weighted by Crippen LogP contribution is -2.24. The summed E-state index contributed by atoms with van der Waals surface area (Å²) in [7, 11) is -3.92. The molecule has 2 aromatic carbocycles. The van der Waals surface area contributed by atoms with Gasteiger partial charge in [-0.2, -0.15) is 4.72 Å². The van der Waals surface area contributed by atoms with Gasteiger partial charge in [0.05, 0.1) is 11.6 Å². The van der Waals surface area contributed by atoms with E-state index in [4.69, 9.17) is 11.6 Å². The van der Waals surface area contributed by atoms with E-state index in [9.17, 15) is 12.8 Å². The predicted molar refractivity (Wildman–Crippen MR) is 79.9 cm³/mol. The molecule has 0 bridgehead atoms. The lowest BCUT2D eigenvalue weighted by Gasteiger charge is -2.04. The van der Waals surface area contributed by atoms with Crippen LogP contribution >= 0.6 is 11.6 Å². The van der Waals surface area contributed by atoms with Crippen LogP contribution in [-0.4, -0.2) is 15.0 Å². The zero-order valence-electron chi connectivity index (χ0n) is 10.8. The van der Waals surface area contributed by atoms with Crippen molar-refractivity contribution in [1.82, 2.24) is 4.72 Å². The van der Waals surface area contributed by atoms with Crippen molar-refractivity contribution in [2.45, 2.75) is 4.90 Å². The lowest BCUT2D eigenvalue weighted by molar-refractivity contribution is 0.560. The Morgan fingerprint density at radius 2 is 1.76 bits per heavy atom. The van der Waals surface area contributed by atoms with E-state index in [-0.39, 0.29) is 6.54 Å². The van der Waals surface area contributed by atoms with Crippen LogP contribution in [0.2, 0.25) is 5.02 Å². The summed E-state index contributed by atoms with van der Waals surface area (Å²) in [4.78, 5) is -0.399. The molecule has 0 heterocycles. The van der Waals surface area contributed by atoms with Gasteiger partial charge < -0.3 is 0 Å². The molecule has 0 aliphatic heterocycles. The SMILES string of the molecule is O=S(=O)(NCC#Cc1ccccc1Cl)c1ccccc1F. The lowest BCUT2D eigenvalue weighted by atomic mass is 10.2. The third kappa shape index (κ3) is 4.05. The second-order valence-electron chi connectivity index (χ2n) is 4.04. The van der Waals surface area contributed by atoms with Gasteiger partial charge in [-0.05, 0) is 24.3 Å². The van der Waals surface area contributed by atoms with E-state index in [1.807, 2.05) is 0 Å². The molecule has 0 aliphatic rings. The molecule has 0 saturated carbocycles. The van der Waals surface area contributed by atoms with Crippen LogP contribution in [0, 0.1) is 17.7 Å². The van der Waals surface area contributed by atoms with Crippen LogP contribution in [0.4, 0.5) is 4.39 Å². The van der Waals surface area contributed by atoms with Crippen molar-refractivity contribution in [3.8, 4) is 11.8 Å². The third-order valence-corrected chi connectivity index (χ3v) is 4.34. The first-order valence-electron chi connectivity index (χ1n) is 5.98. The van der Waals surface area contributed by atoms with Crippen LogP contribution in [0.25, 0.3) is 0 Å². The molecule has 0 amide bonds. The van der Waals surface area contributed by atoms with Crippen molar-refractivity contribution in [2.75, 3.05) is 6.54 Å². The summed E-state index contributed by atoms with van der Waals surface area (Å²) in [5, 5.41) is 0.488. The molecule has 0 aromatic heterocycles. The molecule has 0 atom stereocenters. The normalized spacial score (nSPS) is 10.8. The predicted octanol–water partition coefficient (Wildman–Crippen LogP) is 2.81. The zero-order valence-corrected chi connectivity index (χ0v) is 12.4. The Labute approximate surface area is 127 Å². The van der Waals surface area contributed by atoms with Crippen LogP contribution in [0.15, 0.2) is 53.4 Å². The molecule has 0 spiro atoms. The number of rotatable bonds is 3. The van der Waals surface area contributed by atoms with E-state index in [2.05, 4.69) is 16.6 Å². The fraction of sp³-hybridized carbons (Fsp3) is 0.0667. The highest BCUT2D eigenvalue weighted by Gasteiger charge is 2.16. The van der Waals surface area contributed by atoms with Crippen molar-refractivity contribution in [3.05, 3.63) is 64.9 Å². The second kappa shape index (κ2) is 6.72. The number of halogens is 2. The van der Waals surface area contributed by atoms with E-state index >= 15 is 0 Å². The minimum absolute atomic E-state index is 0.137. The first-order chi connectivity index (χ1) is 10.0. The number of sulfonamides is 1. The standard InChI is InChI=1S/C15H11ClFNO2S/c16-13-8-2-1-6-12(13)7-5-11-18-21(19,20)15-10-4-3-9-14(15)17/h1-4,6,8-10,18H,11H2. The van der Waals surface area contributed by atoms with Gasteiger partial charge in [-0.15, -0.1) is 0 Å². The van der Waals surface area contributed by atoms with Crippen molar-refractivity contribution in [2.24, 2.45) is 0 Å². The topological polar surface area (TPSA) is 46.2 Å². The Hall–Kier alpha value is -1.87. The van der Waals surface area contributed by atoms with E-state index in [0.29, 0.717) is 10.6 Å². The smallest absolute Gasteiger partial charge is 0.207 e. The molecule has 2 aromatic rings. The van der Waals surface area contributed by atoms with Gasteiger partial charge in [-0.25, -0.2) is 12.8 Å². The van der Waals surface area contributed by atoms with Gasteiger partial charge in [0, 0.05) is 5.56 Å². The van der Waals surface area contributed by atoms with E-state index in [1.165, 1.54) is 18.2 Å². The van der Waals surface area contributed by atoms with Crippen molar-refractivity contribution < 1.29 is 12.8 Å². The van der Waals surface area contributed by atoms with Gasteiger partial charge in [-0.1, -0.05) is 47.7 Å². The first kappa shape index (κ1) is 15.5. The molecule has 0 saturated heterocycles. The Morgan fingerprint density at radius 3 is 2.48 bits per heavy atom. The number of nitrogens with one attached hydrogen (secondary N) is 1. The van der Waals surface area contributed by atoms with Gasteiger partial charge in [0.15, 0.2) is 0 Å². The van der Waals surface area contributed by atoms with Crippen LogP contribution < -0.4 is 4.72 Å². The number of hydrogen-bond donors (Lipinski definition) is 1. The largest absolute Gasteiger partial charge is 0.244 e. The van der Waals surface area contributed by atoms with Crippen LogP contribution in [0.3, 0.4) is 0 Å². The maximum Gasteiger partial charge on any atom is 0.244 e. The zero-order chi connectivity index (χ0) is 15.3. The summed E-state index contributed by atoms with van der Waals surface area (Å²) in [6, 6.07) is 12.1. The fourth-order valence-electron chi connectivity index (χ4n) is 1.57. The Bertz CT molecular complexity index is 810. The summed E-state index contributed by atoms with van der Waals surface area (Å²) in [6.45, 7) is -0.137. The van der Waals surface area contributed by atoms with E-state index in [0.717, 1.165) is 6.07 Å². The number of benzene rings is 2. The van der Waals surface area contributed by atoms with Crippen LogP contribution in [0.1, 0.15) is 5.56 Å². The summed E-state index contributed by atoms with van der Waals surface area (Å²) in [5.74, 6) is 4.59. The van der Waals surface area contributed by atoms with Gasteiger partial charge in [-0.3, -0.25) is 0 Å². The minimum Gasteiger partial charge on any atom is -0.207 e. The molecule has 108 valence electrons. The van der Waals surface area contributed by atoms with E-state index < -0.39 is 20.7 Å². The molecule has 21 heavy (non-hydrogen) atoms. The first-order valence-corrected chi connectivity index (χ1v) is 7.84. The molecule has 6 heteroatoms. The molecular formula is C15H11ClFNO2S. The average Bonchev–Trinajstić information content (AvgIpc) is 2.45. The van der Waals surface area contributed by atoms with Gasteiger partial charge in [0.1, 0.15) is 10.7 Å². The Morgan fingerprint density at radius 1 is 1.10 bits per heavy atom. The van der Waals surface area contributed by atoms with Gasteiger partial charge in [0.25, 0.3) is 0 Å². The maximum absolute atomic E-state index is 13.4. The molecule has 3 nitrogen and oxygen atoms in total. The molecule has 2 rings (SSSR count). The summed E-state index contributed by atoms with van der Waals surface area (Å²) in [5.41, 5.74) is 0.601. The monoisotopic (exact) mass is 323 g/mol. The van der Waals surface area contributed by atoms with Crippen molar-refractivity contribution in [1.29, 1.82) is 0 Å². The maximum atomic E-state index is 13.4. The van der Waals surface area contributed by atoms with Gasteiger partial charge >= 0.3 is 0 Å². The molecular weight excluding hydrogens is 313 g/mol. The summed E-state index contributed by atoms with van der Waals surface area (Å²) >= 11 is 5.92. The second-order valence-corrected chi connectivity index (χ2v) is 6.18. The van der Waals surface area contributed by atoms with Crippen LogP contribution in [0.5, 0.6) is 0 Å². The van der Waals surface area contributed by atoms with Crippen molar-refractivity contribution >= 4 is 21.6 Å². The Kier molecular flexibility index (Phi) is 4.97. The quantitative estimate of drug-likeness (QED) is 0.883. The molecule has 0 aliphatic carbocycles. The summed E-state index contributed by atoms with van der Waals surface area (Å²) < 4.78 is 39.4. The highest BCUT2D eigenvalue weighted by molar-refractivity contribution is 7.89. The average molecular weight is 324 g/mol. The molecule has 0 radical (unpaired) electrons. The molecule has 1 N–H and O–H groups in total. The molecule has 0 fully saturated rings. The van der Waals surface area contributed by atoms with Crippen LogP contribution in [-0.2, 0) is 10.0 Å². The Balaban J connectivity index is 2.08. The minimum atomic E-state index is -3.92.